The van der Waals surface area contributed by atoms with Crippen LogP contribution in [0.2, 0.25) is 0 Å². The molecule has 1 aliphatic rings. The number of ether oxygens (including phenoxy) is 1. The fourth-order valence-electron chi connectivity index (χ4n) is 1.85. The summed E-state index contributed by atoms with van der Waals surface area (Å²) in [5, 5.41) is 7.41. The van der Waals surface area contributed by atoms with Crippen molar-refractivity contribution in [3.8, 4) is 0 Å². The van der Waals surface area contributed by atoms with Gasteiger partial charge in [-0.05, 0) is 26.3 Å². The van der Waals surface area contributed by atoms with Crippen molar-refractivity contribution in [1.82, 2.24) is 4.90 Å². The Labute approximate surface area is 85.9 Å². The Hall–Kier alpha value is -0.610. The molecule has 0 spiro atoms. The molecule has 0 radical (unpaired) electrons. The Kier molecular flexibility index (Phi) is 4.90. The van der Waals surface area contributed by atoms with Crippen molar-refractivity contribution >= 4 is 5.84 Å². The predicted octanol–water partition coefficient (Wildman–Crippen LogP) is 0.671. The highest BCUT2D eigenvalue weighted by molar-refractivity contribution is 5.79. The summed E-state index contributed by atoms with van der Waals surface area (Å²) in [4.78, 5) is 2.34. The van der Waals surface area contributed by atoms with Gasteiger partial charge < -0.3 is 15.4 Å². The lowest BCUT2D eigenvalue weighted by atomic mass is 9.97. The van der Waals surface area contributed by atoms with Crippen molar-refractivity contribution in [2.75, 3.05) is 32.8 Å². The Morgan fingerprint density at radius 2 is 2.43 bits per heavy atom. The topological polar surface area (TPSA) is 62.3 Å². The van der Waals surface area contributed by atoms with Crippen molar-refractivity contribution in [1.29, 1.82) is 5.41 Å². The summed E-state index contributed by atoms with van der Waals surface area (Å²) in [6.07, 6.45) is 2.22. The molecule has 0 saturated carbocycles. The second-order valence-electron chi connectivity index (χ2n) is 3.79. The summed E-state index contributed by atoms with van der Waals surface area (Å²) < 4.78 is 5.31. The van der Waals surface area contributed by atoms with Gasteiger partial charge in [-0.25, -0.2) is 0 Å². The van der Waals surface area contributed by atoms with Crippen LogP contribution in [0, 0.1) is 11.3 Å². The molecule has 1 rings (SSSR count). The van der Waals surface area contributed by atoms with Crippen LogP contribution in [0.3, 0.4) is 0 Å². The molecule has 0 aliphatic carbocycles. The van der Waals surface area contributed by atoms with Crippen LogP contribution in [0.5, 0.6) is 0 Å². The van der Waals surface area contributed by atoms with Crippen molar-refractivity contribution < 1.29 is 4.74 Å². The quantitative estimate of drug-likeness (QED) is 0.388. The monoisotopic (exact) mass is 199 g/mol. The first kappa shape index (κ1) is 11.5. The second-order valence-corrected chi connectivity index (χ2v) is 3.79. The third-order valence-electron chi connectivity index (χ3n) is 2.70. The lowest BCUT2D eigenvalue weighted by Crippen LogP contribution is -2.42. The van der Waals surface area contributed by atoms with E-state index in [1.54, 1.807) is 0 Å². The average molecular weight is 199 g/mol. The van der Waals surface area contributed by atoms with E-state index in [-0.39, 0.29) is 5.92 Å². The number of rotatable bonds is 5. The van der Waals surface area contributed by atoms with Crippen LogP contribution in [0.1, 0.15) is 19.8 Å². The van der Waals surface area contributed by atoms with Gasteiger partial charge in [-0.1, -0.05) is 0 Å². The number of piperidine rings is 1. The zero-order valence-corrected chi connectivity index (χ0v) is 8.96. The Bertz CT molecular complexity index is 184. The molecule has 14 heavy (non-hydrogen) atoms. The fourth-order valence-corrected chi connectivity index (χ4v) is 1.85. The maximum Gasteiger partial charge on any atom is 0.0949 e. The number of hydrogen-bond acceptors (Lipinski definition) is 3. The zero-order valence-electron chi connectivity index (χ0n) is 8.96. The molecule has 4 nitrogen and oxygen atoms in total. The molecule has 82 valence electrons. The summed E-state index contributed by atoms with van der Waals surface area (Å²) >= 11 is 0. The highest BCUT2D eigenvalue weighted by atomic mass is 16.5. The van der Waals surface area contributed by atoms with E-state index in [0.717, 1.165) is 45.7 Å². The summed E-state index contributed by atoms with van der Waals surface area (Å²) in [5.41, 5.74) is 5.51. The SMILES string of the molecule is CCOCCN1CCCC(C(=N)N)C1. The van der Waals surface area contributed by atoms with Crippen LogP contribution in [0.25, 0.3) is 0 Å². The van der Waals surface area contributed by atoms with E-state index in [9.17, 15) is 0 Å². The lowest BCUT2D eigenvalue weighted by Gasteiger charge is -2.31. The molecule has 1 fully saturated rings. The molecule has 1 aliphatic heterocycles. The molecule has 1 atom stereocenters. The largest absolute Gasteiger partial charge is 0.387 e. The minimum atomic E-state index is 0.269. The van der Waals surface area contributed by atoms with Crippen LogP contribution < -0.4 is 5.73 Å². The molecular weight excluding hydrogens is 178 g/mol. The van der Waals surface area contributed by atoms with Gasteiger partial charge in [-0.2, -0.15) is 0 Å². The summed E-state index contributed by atoms with van der Waals surface area (Å²) in [7, 11) is 0. The third-order valence-corrected chi connectivity index (χ3v) is 2.70. The summed E-state index contributed by atoms with van der Waals surface area (Å²) in [6.45, 7) is 6.61. The summed E-state index contributed by atoms with van der Waals surface area (Å²) in [6, 6.07) is 0. The maximum absolute atomic E-state index is 7.41. The van der Waals surface area contributed by atoms with E-state index in [4.69, 9.17) is 15.9 Å². The fraction of sp³-hybridized carbons (Fsp3) is 0.900. The van der Waals surface area contributed by atoms with Gasteiger partial charge >= 0.3 is 0 Å². The van der Waals surface area contributed by atoms with Gasteiger partial charge in [-0.15, -0.1) is 0 Å². The summed E-state index contributed by atoms with van der Waals surface area (Å²) in [5.74, 6) is 0.608. The molecule has 1 saturated heterocycles. The van der Waals surface area contributed by atoms with Gasteiger partial charge in [-0.3, -0.25) is 5.41 Å². The lowest BCUT2D eigenvalue weighted by molar-refractivity contribution is 0.0994. The zero-order chi connectivity index (χ0) is 10.4. The van der Waals surface area contributed by atoms with Gasteiger partial charge in [0.2, 0.25) is 0 Å². The molecule has 3 N–H and O–H groups in total. The molecule has 0 aromatic heterocycles. The van der Waals surface area contributed by atoms with E-state index in [2.05, 4.69) is 4.90 Å². The first-order valence-electron chi connectivity index (χ1n) is 5.38. The van der Waals surface area contributed by atoms with E-state index in [0.29, 0.717) is 5.84 Å². The van der Waals surface area contributed by atoms with Crippen LogP contribution in [0.4, 0.5) is 0 Å². The molecule has 1 unspecified atom stereocenters. The van der Waals surface area contributed by atoms with Crippen molar-refractivity contribution in [2.45, 2.75) is 19.8 Å². The highest BCUT2D eigenvalue weighted by Crippen LogP contribution is 2.15. The number of nitrogens with two attached hydrogens (primary N) is 1. The van der Waals surface area contributed by atoms with Crippen molar-refractivity contribution in [2.24, 2.45) is 11.7 Å². The van der Waals surface area contributed by atoms with Gasteiger partial charge in [0.05, 0.1) is 12.4 Å². The minimum absolute atomic E-state index is 0.269. The van der Waals surface area contributed by atoms with E-state index < -0.39 is 0 Å². The van der Waals surface area contributed by atoms with Crippen LogP contribution in [-0.2, 0) is 4.74 Å². The molecule has 0 bridgehead atoms. The van der Waals surface area contributed by atoms with Crippen LogP contribution in [-0.4, -0.2) is 43.6 Å². The standard InChI is InChI=1S/C10H21N3O/c1-2-14-7-6-13-5-3-4-9(8-13)10(11)12/h9H,2-8H2,1H3,(H3,11,12). The number of nitrogens with zero attached hydrogens (tertiary/aromatic N) is 1. The van der Waals surface area contributed by atoms with E-state index in [1.807, 2.05) is 6.92 Å². The number of hydrogen-bond donors (Lipinski definition) is 2. The Morgan fingerprint density at radius 1 is 1.64 bits per heavy atom. The molecule has 0 amide bonds. The Balaban J connectivity index is 2.22. The number of amidine groups is 1. The minimum Gasteiger partial charge on any atom is -0.387 e. The number of likely N-dealkylation sites (tertiary alicyclic amines) is 1. The van der Waals surface area contributed by atoms with Gasteiger partial charge in [0, 0.05) is 25.6 Å². The predicted molar refractivity (Wildman–Crippen MR) is 57.6 cm³/mol. The second kappa shape index (κ2) is 5.98. The van der Waals surface area contributed by atoms with Crippen molar-refractivity contribution in [3.05, 3.63) is 0 Å². The van der Waals surface area contributed by atoms with E-state index >= 15 is 0 Å². The number of nitrogens with one attached hydrogen (secondary N) is 1. The van der Waals surface area contributed by atoms with Crippen LogP contribution in [0.15, 0.2) is 0 Å². The van der Waals surface area contributed by atoms with Gasteiger partial charge in [0.25, 0.3) is 0 Å². The smallest absolute Gasteiger partial charge is 0.0949 e. The average Bonchev–Trinajstić information content (AvgIpc) is 2.19. The highest BCUT2D eigenvalue weighted by Gasteiger charge is 2.21. The van der Waals surface area contributed by atoms with Gasteiger partial charge in [0.15, 0.2) is 0 Å². The Morgan fingerprint density at radius 3 is 3.07 bits per heavy atom. The van der Waals surface area contributed by atoms with Crippen LogP contribution >= 0.6 is 0 Å². The third kappa shape index (κ3) is 3.64. The maximum atomic E-state index is 7.41. The van der Waals surface area contributed by atoms with Gasteiger partial charge in [0.1, 0.15) is 0 Å². The first-order chi connectivity index (χ1) is 6.74. The molecular formula is C10H21N3O. The van der Waals surface area contributed by atoms with Crippen molar-refractivity contribution in [3.63, 3.8) is 0 Å². The van der Waals surface area contributed by atoms with E-state index in [1.165, 1.54) is 0 Å². The normalized spacial score (nSPS) is 23.6. The molecule has 0 aromatic rings. The molecule has 1 heterocycles. The molecule has 4 heteroatoms. The molecule has 0 aromatic carbocycles. The first-order valence-corrected chi connectivity index (χ1v) is 5.38.